The molecular formula is C19H18N2O3. The maximum Gasteiger partial charge on any atom is 0.323 e. The lowest BCUT2D eigenvalue weighted by Crippen LogP contribution is -2.45. The smallest absolute Gasteiger partial charge is 0.323 e. The number of carbonyl (C=O) groups is 1. The van der Waals surface area contributed by atoms with Crippen molar-refractivity contribution in [2.75, 3.05) is 7.11 Å². The van der Waals surface area contributed by atoms with Crippen molar-refractivity contribution >= 4 is 16.9 Å². The van der Waals surface area contributed by atoms with Crippen LogP contribution >= 0.6 is 0 Å². The molecule has 1 aliphatic rings. The first kappa shape index (κ1) is 14.8. The van der Waals surface area contributed by atoms with Crippen molar-refractivity contribution in [2.45, 2.75) is 18.5 Å². The second-order valence-corrected chi connectivity index (χ2v) is 6.04. The minimum Gasteiger partial charge on any atom is -0.508 e. The molecule has 3 N–H and O–H groups in total. The van der Waals surface area contributed by atoms with E-state index in [4.69, 9.17) is 4.74 Å². The van der Waals surface area contributed by atoms with E-state index in [1.807, 2.05) is 24.3 Å². The summed E-state index contributed by atoms with van der Waals surface area (Å²) in [4.78, 5) is 15.6. The summed E-state index contributed by atoms with van der Waals surface area (Å²) in [7, 11) is 1.40. The van der Waals surface area contributed by atoms with Crippen molar-refractivity contribution in [1.29, 1.82) is 0 Å². The Morgan fingerprint density at radius 2 is 2.04 bits per heavy atom. The summed E-state index contributed by atoms with van der Waals surface area (Å²) in [5.74, 6) is -0.0803. The topological polar surface area (TPSA) is 74.4 Å². The maximum atomic E-state index is 12.1. The molecule has 0 fully saturated rings. The summed E-state index contributed by atoms with van der Waals surface area (Å²) in [6.07, 6.45) is 0.571. The van der Waals surface area contributed by atoms with Gasteiger partial charge in [0.15, 0.2) is 0 Å². The molecule has 0 saturated heterocycles. The van der Waals surface area contributed by atoms with Crippen LogP contribution in [0, 0.1) is 0 Å². The average molecular weight is 322 g/mol. The molecule has 3 aromatic rings. The van der Waals surface area contributed by atoms with Crippen LogP contribution in [0.3, 0.4) is 0 Å². The van der Waals surface area contributed by atoms with E-state index in [2.05, 4.69) is 16.4 Å². The number of phenolic OH excluding ortho intramolecular Hbond substituents is 1. The molecule has 1 aliphatic heterocycles. The lowest BCUT2D eigenvalue weighted by Gasteiger charge is -2.30. The van der Waals surface area contributed by atoms with Gasteiger partial charge in [-0.15, -0.1) is 0 Å². The van der Waals surface area contributed by atoms with Crippen LogP contribution in [-0.4, -0.2) is 29.2 Å². The summed E-state index contributed by atoms with van der Waals surface area (Å²) >= 11 is 0. The summed E-state index contributed by atoms with van der Waals surface area (Å²) in [5, 5.41) is 14.3. The summed E-state index contributed by atoms with van der Waals surface area (Å²) in [6, 6.07) is 14.5. The number of esters is 1. The van der Waals surface area contributed by atoms with Gasteiger partial charge in [0, 0.05) is 23.0 Å². The van der Waals surface area contributed by atoms with Crippen LogP contribution in [0.25, 0.3) is 10.9 Å². The Kier molecular flexibility index (Phi) is 3.50. The number of aromatic amines is 1. The number of ether oxygens (including phenoxy) is 1. The molecule has 5 heteroatoms. The predicted molar refractivity (Wildman–Crippen MR) is 90.9 cm³/mol. The minimum absolute atomic E-state index is 0.201. The monoisotopic (exact) mass is 322 g/mol. The number of H-pyrrole nitrogens is 1. The largest absolute Gasteiger partial charge is 0.508 e. The van der Waals surface area contributed by atoms with E-state index in [9.17, 15) is 9.90 Å². The first-order chi connectivity index (χ1) is 11.7. The number of hydrogen-bond acceptors (Lipinski definition) is 4. The molecule has 2 heterocycles. The van der Waals surface area contributed by atoms with Crippen LogP contribution < -0.4 is 5.32 Å². The van der Waals surface area contributed by atoms with E-state index >= 15 is 0 Å². The SMILES string of the molecule is COC(=O)[C@H]1Cc2c([nH]c3ccccc23)[C@H](c2cccc(O)c2)N1. The van der Waals surface area contributed by atoms with Crippen LogP contribution in [-0.2, 0) is 16.0 Å². The van der Waals surface area contributed by atoms with E-state index in [1.54, 1.807) is 18.2 Å². The molecular weight excluding hydrogens is 304 g/mol. The van der Waals surface area contributed by atoms with Crippen LogP contribution in [0.1, 0.15) is 22.9 Å². The van der Waals surface area contributed by atoms with Gasteiger partial charge in [-0.05, 0) is 29.3 Å². The Morgan fingerprint density at radius 1 is 1.21 bits per heavy atom. The van der Waals surface area contributed by atoms with Crippen molar-refractivity contribution in [3.8, 4) is 5.75 Å². The van der Waals surface area contributed by atoms with Gasteiger partial charge in [0.25, 0.3) is 0 Å². The minimum atomic E-state index is -0.422. The third-order valence-electron chi connectivity index (χ3n) is 4.60. The molecule has 2 aromatic carbocycles. The number of aromatic hydroxyl groups is 1. The quantitative estimate of drug-likeness (QED) is 0.634. The van der Waals surface area contributed by atoms with E-state index in [1.165, 1.54) is 7.11 Å². The van der Waals surface area contributed by atoms with Gasteiger partial charge in [0.05, 0.1) is 13.2 Å². The predicted octanol–water partition coefficient (Wildman–Crippen LogP) is 2.65. The Morgan fingerprint density at radius 3 is 2.83 bits per heavy atom. The zero-order chi connectivity index (χ0) is 16.7. The number of aromatic nitrogens is 1. The molecule has 0 unspecified atom stereocenters. The van der Waals surface area contributed by atoms with E-state index in [-0.39, 0.29) is 17.8 Å². The second kappa shape index (κ2) is 5.69. The van der Waals surface area contributed by atoms with E-state index in [0.717, 1.165) is 27.7 Å². The standard InChI is InChI=1S/C19H18N2O3/c1-24-19(23)16-10-14-13-7-2-3-8-15(13)20-18(14)17(21-16)11-5-4-6-12(22)9-11/h2-9,16-17,20-22H,10H2,1H3/t16-,17+/m1/s1. The molecule has 0 spiro atoms. The Labute approximate surface area is 139 Å². The number of rotatable bonds is 2. The molecule has 4 rings (SSSR count). The second-order valence-electron chi connectivity index (χ2n) is 6.04. The zero-order valence-electron chi connectivity index (χ0n) is 13.2. The van der Waals surface area contributed by atoms with Gasteiger partial charge in [-0.2, -0.15) is 0 Å². The van der Waals surface area contributed by atoms with Crippen molar-refractivity contribution in [3.05, 3.63) is 65.4 Å². The maximum absolute atomic E-state index is 12.1. The van der Waals surface area contributed by atoms with Gasteiger partial charge in [0.1, 0.15) is 11.8 Å². The van der Waals surface area contributed by atoms with Crippen LogP contribution in [0.5, 0.6) is 5.75 Å². The number of hydrogen-bond donors (Lipinski definition) is 3. The van der Waals surface area contributed by atoms with Crippen molar-refractivity contribution in [3.63, 3.8) is 0 Å². The summed E-state index contributed by atoms with van der Waals surface area (Å²) < 4.78 is 4.94. The van der Waals surface area contributed by atoms with Gasteiger partial charge >= 0.3 is 5.97 Å². The van der Waals surface area contributed by atoms with Crippen molar-refractivity contribution in [2.24, 2.45) is 0 Å². The Hall–Kier alpha value is -2.79. The number of phenols is 1. The van der Waals surface area contributed by atoms with E-state index in [0.29, 0.717) is 6.42 Å². The molecule has 0 radical (unpaired) electrons. The molecule has 0 aliphatic carbocycles. The number of nitrogens with one attached hydrogen (secondary N) is 2. The van der Waals surface area contributed by atoms with Gasteiger partial charge in [0.2, 0.25) is 0 Å². The van der Waals surface area contributed by atoms with Gasteiger partial charge < -0.3 is 14.8 Å². The van der Waals surface area contributed by atoms with Gasteiger partial charge in [-0.25, -0.2) is 0 Å². The molecule has 5 nitrogen and oxygen atoms in total. The molecule has 2 atom stereocenters. The van der Waals surface area contributed by atoms with Crippen molar-refractivity contribution < 1.29 is 14.6 Å². The summed E-state index contributed by atoms with van der Waals surface area (Å²) in [5.41, 5.74) is 4.09. The number of methoxy groups -OCH3 is 1. The highest BCUT2D eigenvalue weighted by molar-refractivity contribution is 5.87. The van der Waals surface area contributed by atoms with Gasteiger partial charge in [-0.3, -0.25) is 10.1 Å². The fourth-order valence-corrected chi connectivity index (χ4v) is 3.50. The lowest BCUT2D eigenvalue weighted by atomic mass is 9.90. The van der Waals surface area contributed by atoms with E-state index < -0.39 is 6.04 Å². The number of fused-ring (bicyclic) bond motifs is 3. The fourth-order valence-electron chi connectivity index (χ4n) is 3.50. The third kappa shape index (κ3) is 2.34. The molecule has 0 amide bonds. The third-order valence-corrected chi connectivity index (χ3v) is 4.60. The van der Waals surface area contributed by atoms with Crippen molar-refractivity contribution in [1.82, 2.24) is 10.3 Å². The number of carbonyl (C=O) groups excluding carboxylic acids is 1. The number of para-hydroxylation sites is 1. The normalized spacial score (nSPS) is 19.9. The lowest BCUT2D eigenvalue weighted by molar-refractivity contribution is -0.143. The molecule has 122 valence electrons. The summed E-state index contributed by atoms with van der Waals surface area (Å²) in [6.45, 7) is 0. The van der Waals surface area contributed by atoms with Crippen LogP contribution in [0.2, 0.25) is 0 Å². The highest BCUT2D eigenvalue weighted by Crippen LogP contribution is 2.36. The highest BCUT2D eigenvalue weighted by atomic mass is 16.5. The fraction of sp³-hybridized carbons (Fsp3) is 0.211. The number of benzene rings is 2. The Balaban J connectivity index is 1.88. The van der Waals surface area contributed by atoms with Crippen LogP contribution in [0.15, 0.2) is 48.5 Å². The van der Waals surface area contributed by atoms with Crippen LogP contribution in [0.4, 0.5) is 0 Å². The molecule has 0 saturated carbocycles. The molecule has 1 aromatic heterocycles. The molecule has 24 heavy (non-hydrogen) atoms. The molecule has 0 bridgehead atoms. The highest BCUT2D eigenvalue weighted by Gasteiger charge is 2.34. The Bertz CT molecular complexity index is 916. The first-order valence-electron chi connectivity index (χ1n) is 7.89. The van der Waals surface area contributed by atoms with Gasteiger partial charge in [-0.1, -0.05) is 30.3 Å². The average Bonchev–Trinajstić information content (AvgIpc) is 2.99. The zero-order valence-corrected chi connectivity index (χ0v) is 13.2. The first-order valence-corrected chi connectivity index (χ1v) is 7.89.